The molecule has 2 aliphatic heterocycles. The molecule has 1 aromatic heterocycles. The molecule has 6 heteroatoms. The lowest BCUT2D eigenvalue weighted by Gasteiger charge is -2.41. The topological polar surface area (TPSA) is 74.6 Å². The summed E-state index contributed by atoms with van der Waals surface area (Å²) in [6, 6.07) is 8.75. The van der Waals surface area contributed by atoms with E-state index in [-0.39, 0.29) is 12.3 Å². The number of aryl methyl sites for hydroxylation is 1. The Kier molecular flexibility index (Phi) is 4.23. The van der Waals surface area contributed by atoms with Gasteiger partial charge in [-0.15, -0.1) is 0 Å². The molecule has 1 spiro atoms. The molecule has 1 amide bonds. The number of nitrogens with zero attached hydrogens (tertiary/aromatic N) is 2. The molecule has 2 N–H and O–H groups in total. The SMILES string of the molecule is CCn1ccc2cc(CN3CCC4(CC3)NC(=O)CC4C(=O)O)ccc21. The van der Waals surface area contributed by atoms with Gasteiger partial charge in [-0.1, -0.05) is 6.07 Å². The number of carboxylic acid groups (broad SMARTS) is 1. The fourth-order valence-electron chi connectivity index (χ4n) is 4.59. The van der Waals surface area contributed by atoms with Gasteiger partial charge in [0, 0.05) is 44.3 Å². The minimum absolute atomic E-state index is 0.112. The molecule has 2 aliphatic rings. The highest BCUT2D eigenvalue weighted by Crippen LogP contribution is 2.37. The summed E-state index contributed by atoms with van der Waals surface area (Å²) in [4.78, 5) is 25.7. The van der Waals surface area contributed by atoms with Crippen LogP contribution in [0.4, 0.5) is 0 Å². The summed E-state index contributed by atoms with van der Waals surface area (Å²) in [5.74, 6) is -1.58. The Hall–Kier alpha value is -2.34. The number of aromatic nitrogens is 1. The molecule has 4 rings (SSSR count). The minimum atomic E-state index is -0.859. The average Bonchev–Trinajstić information content (AvgIpc) is 3.17. The molecule has 138 valence electrons. The molecule has 1 atom stereocenters. The number of fused-ring (bicyclic) bond motifs is 1. The molecular weight excluding hydrogens is 330 g/mol. The molecular formula is C20H25N3O3. The van der Waals surface area contributed by atoms with Crippen molar-refractivity contribution in [3.05, 3.63) is 36.0 Å². The van der Waals surface area contributed by atoms with Gasteiger partial charge in [-0.05, 0) is 48.9 Å². The highest BCUT2D eigenvalue weighted by atomic mass is 16.4. The maximum Gasteiger partial charge on any atom is 0.309 e. The number of hydrogen-bond donors (Lipinski definition) is 2. The molecule has 2 aromatic rings. The fraction of sp³-hybridized carbons (Fsp3) is 0.500. The van der Waals surface area contributed by atoms with Crippen molar-refractivity contribution in [2.45, 2.75) is 44.8 Å². The molecule has 0 bridgehead atoms. The highest BCUT2D eigenvalue weighted by Gasteiger charge is 2.51. The first-order valence-electron chi connectivity index (χ1n) is 9.35. The number of aliphatic carboxylic acids is 1. The summed E-state index contributed by atoms with van der Waals surface area (Å²) in [5, 5.41) is 13.7. The van der Waals surface area contributed by atoms with Crippen LogP contribution >= 0.6 is 0 Å². The lowest BCUT2D eigenvalue weighted by atomic mass is 9.77. The largest absolute Gasteiger partial charge is 0.481 e. The number of amides is 1. The van der Waals surface area contributed by atoms with Gasteiger partial charge in [0.05, 0.1) is 11.5 Å². The first kappa shape index (κ1) is 17.1. The van der Waals surface area contributed by atoms with E-state index >= 15 is 0 Å². The summed E-state index contributed by atoms with van der Waals surface area (Å²) >= 11 is 0. The van der Waals surface area contributed by atoms with Crippen LogP contribution in [0, 0.1) is 5.92 Å². The van der Waals surface area contributed by atoms with Gasteiger partial charge in [-0.3, -0.25) is 14.5 Å². The first-order valence-corrected chi connectivity index (χ1v) is 9.35. The van der Waals surface area contributed by atoms with Crippen LogP contribution < -0.4 is 5.32 Å². The van der Waals surface area contributed by atoms with Gasteiger partial charge in [-0.2, -0.15) is 0 Å². The van der Waals surface area contributed by atoms with Gasteiger partial charge in [0.1, 0.15) is 0 Å². The molecule has 26 heavy (non-hydrogen) atoms. The molecule has 1 aromatic carbocycles. The van der Waals surface area contributed by atoms with Gasteiger partial charge in [0.15, 0.2) is 0 Å². The molecule has 0 saturated carbocycles. The lowest BCUT2D eigenvalue weighted by Crippen LogP contribution is -2.55. The summed E-state index contributed by atoms with van der Waals surface area (Å²) in [7, 11) is 0. The number of benzene rings is 1. The predicted octanol–water partition coefficient (Wildman–Crippen LogP) is 2.22. The van der Waals surface area contributed by atoms with Gasteiger partial charge in [0.25, 0.3) is 0 Å². The number of nitrogens with one attached hydrogen (secondary N) is 1. The third-order valence-corrected chi connectivity index (χ3v) is 6.07. The van der Waals surface area contributed by atoms with E-state index < -0.39 is 17.4 Å². The standard InChI is InChI=1S/C20H25N3O3/c1-2-23-8-5-15-11-14(3-4-17(15)23)13-22-9-6-20(7-10-22)16(19(25)26)12-18(24)21-20/h3-5,8,11,16H,2,6-7,9-10,12-13H2,1H3,(H,21,24)(H,25,26). The van der Waals surface area contributed by atoms with Crippen LogP contribution in [0.1, 0.15) is 31.7 Å². The van der Waals surface area contributed by atoms with Crippen LogP contribution in [0.2, 0.25) is 0 Å². The Morgan fingerprint density at radius 2 is 2.08 bits per heavy atom. The third-order valence-electron chi connectivity index (χ3n) is 6.07. The maximum absolute atomic E-state index is 11.8. The summed E-state index contributed by atoms with van der Waals surface area (Å²) in [6.07, 6.45) is 3.63. The Bertz CT molecular complexity index is 849. The van der Waals surface area contributed by atoms with Crippen molar-refractivity contribution in [1.29, 1.82) is 0 Å². The summed E-state index contributed by atoms with van der Waals surface area (Å²) in [6.45, 7) is 5.57. The van der Waals surface area contributed by atoms with Crippen molar-refractivity contribution < 1.29 is 14.7 Å². The van der Waals surface area contributed by atoms with Gasteiger partial charge >= 0.3 is 5.97 Å². The number of carbonyl (C=O) groups is 2. The zero-order valence-electron chi connectivity index (χ0n) is 15.1. The molecule has 2 saturated heterocycles. The van der Waals surface area contributed by atoms with Crippen molar-refractivity contribution in [2.24, 2.45) is 5.92 Å². The van der Waals surface area contributed by atoms with Crippen molar-refractivity contribution in [1.82, 2.24) is 14.8 Å². The Morgan fingerprint density at radius 1 is 1.31 bits per heavy atom. The molecule has 2 fully saturated rings. The van der Waals surface area contributed by atoms with E-state index in [9.17, 15) is 14.7 Å². The van der Waals surface area contributed by atoms with E-state index in [0.717, 1.165) is 26.2 Å². The third kappa shape index (κ3) is 2.88. The van der Waals surface area contributed by atoms with Crippen LogP contribution in [0.25, 0.3) is 10.9 Å². The van der Waals surface area contributed by atoms with Crippen molar-refractivity contribution in [3.8, 4) is 0 Å². The molecule has 3 heterocycles. The molecule has 0 radical (unpaired) electrons. The van der Waals surface area contributed by atoms with E-state index in [2.05, 4.69) is 52.2 Å². The number of carbonyl (C=O) groups excluding carboxylic acids is 1. The first-order chi connectivity index (χ1) is 12.5. The van der Waals surface area contributed by atoms with Crippen LogP contribution in [0.5, 0.6) is 0 Å². The quantitative estimate of drug-likeness (QED) is 0.882. The number of piperidine rings is 1. The Labute approximate surface area is 152 Å². The normalized spacial score (nSPS) is 22.8. The number of carboxylic acids is 1. The van der Waals surface area contributed by atoms with E-state index in [1.165, 1.54) is 16.5 Å². The monoisotopic (exact) mass is 355 g/mol. The predicted molar refractivity (Wildman–Crippen MR) is 98.7 cm³/mol. The van der Waals surface area contributed by atoms with E-state index in [4.69, 9.17) is 0 Å². The van der Waals surface area contributed by atoms with E-state index in [1.54, 1.807) is 0 Å². The number of rotatable bonds is 4. The van der Waals surface area contributed by atoms with E-state index in [1.807, 2.05) is 0 Å². The summed E-state index contributed by atoms with van der Waals surface area (Å²) in [5.41, 5.74) is 1.97. The lowest BCUT2D eigenvalue weighted by molar-refractivity contribution is -0.144. The molecule has 1 unspecified atom stereocenters. The second kappa shape index (κ2) is 6.43. The smallest absolute Gasteiger partial charge is 0.309 e. The second-order valence-electron chi connectivity index (χ2n) is 7.57. The minimum Gasteiger partial charge on any atom is -0.481 e. The van der Waals surface area contributed by atoms with Crippen molar-refractivity contribution >= 4 is 22.8 Å². The van der Waals surface area contributed by atoms with E-state index in [0.29, 0.717) is 12.8 Å². The average molecular weight is 355 g/mol. The van der Waals surface area contributed by atoms with Gasteiger partial charge < -0.3 is 15.0 Å². The van der Waals surface area contributed by atoms with Crippen LogP contribution in [-0.2, 0) is 22.7 Å². The van der Waals surface area contributed by atoms with Crippen LogP contribution in [0.15, 0.2) is 30.5 Å². The molecule has 6 nitrogen and oxygen atoms in total. The maximum atomic E-state index is 11.8. The fourth-order valence-corrected chi connectivity index (χ4v) is 4.59. The van der Waals surface area contributed by atoms with Gasteiger partial charge in [-0.25, -0.2) is 0 Å². The van der Waals surface area contributed by atoms with Gasteiger partial charge in [0.2, 0.25) is 5.91 Å². The number of hydrogen-bond acceptors (Lipinski definition) is 3. The van der Waals surface area contributed by atoms with Crippen molar-refractivity contribution in [3.63, 3.8) is 0 Å². The second-order valence-corrected chi connectivity index (χ2v) is 7.57. The molecule has 0 aliphatic carbocycles. The van der Waals surface area contributed by atoms with Crippen LogP contribution in [-0.4, -0.2) is 45.1 Å². The zero-order chi connectivity index (χ0) is 18.3. The zero-order valence-corrected chi connectivity index (χ0v) is 15.1. The highest BCUT2D eigenvalue weighted by molar-refractivity contribution is 5.88. The Morgan fingerprint density at radius 3 is 2.77 bits per heavy atom. The number of likely N-dealkylation sites (tertiary alicyclic amines) is 1. The van der Waals surface area contributed by atoms with Crippen molar-refractivity contribution in [2.75, 3.05) is 13.1 Å². The summed E-state index contributed by atoms with van der Waals surface area (Å²) < 4.78 is 2.23. The van der Waals surface area contributed by atoms with Crippen LogP contribution in [0.3, 0.4) is 0 Å². The Balaban J connectivity index is 1.44.